The van der Waals surface area contributed by atoms with Crippen LogP contribution in [0.5, 0.6) is 0 Å². The Morgan fingerprint density at radius 2 is 1.91 bits per heavy atom. The molecule has 3 nitrogen and oxygen atoms in total. The lowest BCUT2D eigenvalue weighted by molar-refractivity contribution is -0.125. The molecule has 7 atom stereocenters. The fourth-order valence-electron chi connectivity index (χ4n) is 6.50. The van der Waals surface area contributed by atoms with Crippen LogP contribution in [0.15, 0.2) is 11.6 Å². The van der Waals surface area contributed by atoms with Gasteiger partial charge in [0.1, 0.15) is 0 Å². The van der Waals surface area contributed by atoms with E-state index in [1.165, 1.54) is 5.57 Å². The summed E-state index contributed by atoms with van der Waals surface area (Å²) in [6, 6.07) is 0. The van der Waals surface area contributed by atoms with E-state index in [-0.39, 0.29) is 17.1 Å². The average Bonchev–Trinajstić information content (AvgIpc) is 2.68. The molecule has 4 aliphatic rings. The van der Waals surface area contributed by atoms with Crippen LogP contribution in [0.25, 0.3) is 0 Å². The van der Waals surface area contributed by atoms with Crippen molar-refractivity contribution in [3.63, 3.8) is 0 Å². The first-order chi connectivity index (χ1) is 10.3. The van der Waals surface area contributed by atoms with Gasteiger partial charge < -0.3 is 10.2 Å². The summed E-state index contributed by atoms with van der Waals surface area (Å²) < 4.78 is 0. The summed E-state index contributed by atoms with van der Waals surface area (Å²) in [6.45, 7) is 4.31. The first-order valence-electron chi connectivity index (χ1n) is 8.97. The number of aliphatic hydroxyl groups is 2. The van der Waals surface area contributed by atoms with Crippen molar-refractivity contribution in [1.29, 1.82) is 0 Å². The molecular weight excluding hydrogens is 276 g/mol. The molecule has 122 valence electrons. The Morgan fingerprint density at radius 1 is 1.14 bits per heavy atom. The Hall–Kier alpha value is -0.670. The van der Waals surface area contributed by atoms with Crippen molar-refractivity contribution in [2.24, 2.45) is 29.1 Å². The molecule has 3 heteroatoms. The van der Waals surface area contributed by atoms with Gasteiger partial charge in [0.2, 0.25) is 0 Å². The van der Waals surface area contributed by atoms with Crippen molar-refractivity contribution in [1.82, 2.24) is 0 Å². The second-order valence-electron chi connectivity index (χ2n) is 8.72. The number of carbonyl (C=O) groups is 1. The number of rotatable bonds is 0. The number of hydrogen-bond acceptors (Lipinski definition) is 3. The topological polar surface area (TPSA) is 57.5 Å². The minimum absolute atomic E-state index is 0.0326. The molecule has 0 heterocycles. The van der Waals surface area contributed by atoms with Gasteiger partial charge in [0.05, 0.1) is 11.7 Å². The predicted octanol–water partition coefficient (Wildman–Crippen LogP) is 2.85. The molecule has 2 N–H and O–H groups in total. The highest BCUT2D eigenvalue weighted by Gasteiger charge is 2.61. The Kier molecular flexibility index (Phi) is 3.16. The standard InChI is InChI=1S/C19H28O3/c1-18-7-5-14-13(15(18)6-8-19(18,2)22)4-3-11-9-12(20)10-16(21)17(11)14/h9,13-17,21-22H,3-8,10H2,1-2H3/t13-,14+,15+,16-,17+,18+,19+/m1/s1. The minimum atomic E-state index is -0.542. The maximum Gasteiger partial charge on any atom is 0.158 e. The molecule has 4 rings (SSSR count). The third-order valence-electron chi connectivity index (χ3n) is 7.88. The van der Waals surface area contributed by atoms with Crippen LogP contribution < -0.4 is 0 Å². The number of fused-ring (bicyclic) bond motifs is 5. The maximum absolute atomic E-state index is 11.7. The number of aliphatic hydroxyl groups excluding tert-OH is 1. The van der Waals surface area contributed by atoms with Crippen LogP contribution in [0.3, 0.4) is 0 Å². The van der Waals surface area contributed by atoms with Gasteiger partial charge >= 0.3 is 0 Å². The average molecular weight is 304 g/mol. The molecule has 22 heavy (non-hydrogen) atoms. The molecule has 0 spiro atoms. The monoisotopic (exact) mass is 304 g/mol. The third-order valence-corrected chi connectivity index (χ3v) is 7.88. The van der Waals surface area contributed by atoms with Gasteiger partial charge in [-0.15, -0.1) is 0 Å². The first kappa shape index (κ1) is 14.9. The van der Waals surface area contributed by atoms with Gasteiger partial charge in [-0.2, -0.15) is 0 Å². The summed E-state index contributed by atoms with van der Waals surface area (Å²) in [6.07, 6.45) is 7.90. The van der Waals surface area contributed by atoms with E-state index in [0.29, 0.717) is 24.2 Å². The molecule has 3 fully saturated rings. The van der Waals surface area contributed by atoms with E-state index >= 15 is 0 Å². The molecule has 0 aromatic rings. The zero-order valence-electron chi connectivity index (χ0n) is 13.7. The molecule has 3 saturated carbocycles. The molecule has 4 aliphatic carbocycles. The van der Waals surface area contributed by atoms with Gasteiger partial charge in [-0.05, 0) is 74.7 Å². The summed E-state index contributed by atoms with van der Waals surface area (Å²) in [4.78, 5) is 11.7. The fraction of sp³-hybridized carbons (Fsp3) is 0.842. The normalized spacial score (nSPS) is 54.3. The predicted molar refractivity (Wildman–Crippen MR) is 84.1 cm³/mol. The summed E-state index contributed by atoms with van der Waals surface area (Å²) in [5.41, 5.74) is 0.698. The van der Waals surface area contributed by atoms with E-state index in [9.17, 15) is 15.0 Å². The van der Waals surface area contributed by atoms with Gasteiger partial charge in [-0.1, -0.05) is 12.5 Å². The fourth-order valence-corrected chi connectivity index (χ4v) is 6.50. The van der Waals surface area contributed by atoms with Gasteiger partial charge in [-0.3, -0.25) is 4.79 Å². The summed E-state index contributed by atoms with van der Waals surface area (Å²) in [5.74, 6) is 1.99. The lowest BCUT2D eigenvalue weighted by Crippen LogP contribution is -2.53. The van der Waals surface area contributed by atoms with E-state index in [4.69, 9.17) is 0 Å². The van der Waals surface area contributed by atoms with Crippen LogP contribution in [0.1, 0.15) is 58.8 Å². The number of hydrogen-bond donors (Lipinski definition) is 2. The Bertz CT molecular complexity index is 535. The van der Waals surface area contributed by atoms with Crippen molar-refractivity contribution in [2.75, 3.05) is 0 Å². The van der Waals surface area contributed by atoms with Gasteiger partial charge in [0.25, 0.3) is 0 Å². The Morgan fingerprint density at radius 3 is 2.68 bits per heavy atom. The highest BCUT2D eigenvalue weighted by atomic mass is 16.3. The lowest BCUT2D eigenvalue weighted by atomic mass is 9.50. The van der Waals surface area contributed by atoms with Crippen molar-refractivity contribution in [2.45, 2.75) is 70.5 Å². The van der Waals surface area contributed by atoms with Crippen molar-refractivity contribution in [3.8, 4) is 0 Å². The summed E-state index contributed by atoms with van der Waals surface area (Å²) >= 11 is 0. The highest BCUT2D eigenvalue weighted by molar-refractivity contribution is 5.92. The molecule has 0 saturated heterocycles. The molecule has 0 aromatic heterocycles. The van der Waals surface area contributed by atoms with Crippen LogP contribution >= 0.6 is 0 Å². The maximum atomic E-state index is 11.7. The SMILES string of the molecule is C[C@]1(O)CC[C@H]2[C@@H]3CCC4=CC(=O)C[C@@H](O)[C@@H]4[C@H]3CC[C@@]21C. The molecule has 0 unspecified atom stereocenters. The smallest absolute Gasteiger partial charge is 0.158 e. The molecule has 0 bridgehead atoms. The molecule has 0 aliphatic heterocycles. The van der Waals surface area contributed by atoms with Gasteiger partial charge in [0, 0.05) is 12.3 Å². The van der Waals surface area contributed by atoms with Crippen molar-refractivity contribution in [3.05, 3.63) is 11.6 Å². The van der Waals surface area contributed by atoms with Gasteiger partial charge in [-0.25, -0.2) is 0 Å². The van der Waals surface area contributed by atoms with Crippen LogP contribution in [-0.4, -0.2) is 27.7 Å². The van der Waals surface area contributed by atoms with E-state index in [1.54, 1.807) is 0 Å². The van der Waals surface area contributed by atoms with Crippen LogP contribution in [-0.2, 0) is 4.79 Å². The van der Waals surface area contributed by atoms with E-state index in [2.05, 4.69) is 6.92 Å². The first-order valence-corrected chi connectivity index (χ1v) is 8.97. The second kappa shape index (κ2) is 4.67. The molecule has 0 aromatic carbocycles. The lowest BCUT2D eigenvalue weighted by Gasteiger charge is -2.55. The van der Waals surface area contributed by atoms with Crippen LogP contribution in [0.2, 0.25) is 0 Å². The van der Waals surface area contributed by atoms with Crippen LogP contribution in [0.4, 0.5) is 0 Å². The summed E-state index contributed by atoms with van der Waals surface area (Å²) in [7, 11) is 0. The van der Waals surface area contributed by atoms with E-state index in [1.807, 2.05) is 13.0 Å². The van der Waals surface area contributed by atoms with Crippen molar-refractivity contribution >= 4 is 5.78 Å². The molecule has 0 amide bonds. The zero-order chi connectivity index (χ0) is 15.7. The Balaban J connectivity index is 1.67. The number of ketones is 1. The van der Waals surface area contributed by atoms with Gasteiger partial charge in [0.15, 0.2) is 5.78 Å². The van der Waals surface area contributed by atoms with Crippen LogP contribution in [0, 0.1) is 29.1 Å². The second-order valence-corrected chi connectivity index (χ2v) is 8.72. The van der Waals surface area contributed by atoms with Crippen molar-refractivity contribution < 1.29 is 15.0 Å². The Labute approximate surface area is 132 Å². The zero-order valence-corrected chi connectivity index (χ0v) is 13.7. The van der Waals surface area contributed by atoms with E-state index in [0.717, 1.165) is 38.5 Å². The van der Waals surface area contributed by atoms with E-state index < -0.39 is 11.7 Å². The minimum Gasteiger partial charge on any atom is -0.392 e. The molecule has 0 radical (unpaired) electrons. The quantitative estimate of drug-likeness (QED) is 0.723. The third kappa shape index (κ3) is 1.85. The summed E-state index contributed by atoms with van der Waals surface area (Å²) in [5, 5.41) is 21.4. The number of carbonyl (C=O) groups excluding carboxylic acids is 1. The highest BCUT2D eigenvalue weighted by Crippen LogP contribution is 2.64. The largest absolute Gasteiger partial charge is 0.392 e. The molecular formula is C19H28O3.